The first-order valence-corrected chi connectivity index (χ1v) is 8.08. The van der Waals surface area contributed by atoms with Crippen molar-refractivity contribution < 1.29 is 4.79 Å². The molecule has 2 unspecified atom stereocenters. The Hall–Kier alpha value is -0.710. The Balaban J connectivity index is 0.00000147. The van der Waals surface area contributed by atoms with E-state index in [1.807, 2.05) is 11.8 Å². The fourth-order valence-corrected chi connectivity index (χ4v) is 3.97. The summed E-state index contributed by atoms with van der Waals surface area (Å²) in [5.74, 6) is 1.26. The van der Waals surface area contributed by atoms with Gasteiger partial charge in [-0.2, -0.15) is 0 Å². The molecule has 0 spiro atoms. The minimum absolute atomic E-state index is 0. The van der Waals surface area contributed by atoms with Crippen LogP contribution in [0.15, 0.2) is 29.2 Å². The molecule has 0 aliphatic carbocycles. The summed E-state index contributed by atoms with van der Waals surface area (Å²) in [6.45, 7) is 0.967. The second kappa shape index (κ2) is 7.34. The standard InChI is InChI=1S/C15H20N2OS.ClH/c18-15(13-6-3-4-9-16-13)17-12-8-10-19-14-7-2-1-5-11(12)14;/h1-2,5,7,12-13,16H,3-4,6,8-10H2,(H,17,18);1H. The van der Waals surface area contributed by atoms with E-state index in [1.165, 1.54) is 16.9 Å². The third-order valence-corrected chi connectivity index (χ3v) is 5.02. The molecule has 1 aromatic carbocycles. The average Bonchev–Trinajstić information content (AvgIpc) is 2.48. The number of amides is 1. The molecule has 2 aliphatic heterocycles. The van der Waals surface area contributed by atoms with Gasteiger partial charge < -0.3 is 10.6 Å². The van der Waals surface area contributed by atoms with Crippen molar-refractivity contribution >= 4 is 30.1 Å². The Morgan fingerprint density at radius 2 is 2.10 bits per heavy atom. The summed E-state index contributed by atoms with van der Waals surface area (Å²) >= 11 is 1.89. The normalized spacial score (nSPS) is 25.2. The molecular formula is C15H21ClN2OS. The Morgan fingerprint density at radius 3 is 2.90 bits per heavy atom. The quantitative estimate of drug-likeness (QED) is 0.882. The summed E-state index contributed by atoms with van der Waals surface area (Å²) in [4.78, 5) is 13.6. The Bertz CT molecular complexity index is 463. The molecule has 2 heterocycles. The van der Waals surface area contributed by atoms with Gasteiger partial charge in [-0.15, -0.1) is 24.2 Å². The highest BCUT2D eigenvalue weighted by Gasteiger charge is 2.26. The molecule has 0 bridgehead atoms. The SMILES string of the molecule is Cl.O=C(NC1CCSc2ccccc21)C1CCCCN1. The third-order valence-electron chi connectivity index (χ3n) is 3.90. The van der Waals surface area contributed by atoms with E-state index in [0.717, 1.165) is 31.6 Å². The zero-order valence-electron chi connectivity index (χ0n) is 11.4. The van der Waals surface area contributed by atoms with E-state index in [9.17, 15) is 4.79 Å². The van der Waals surface area contributed by atoms with Crippen molar-refractivity contribution in [2.45, 2.75) is 42.7 Å². The van der Waals surface area contributed by atoms with Crippen molar-refractivity contribution in [2.75, 3.05) is 12.3 Å². The minimum Gasteiger partial charge on any atom is -0.348 e. The molecule has 1 aromatic rings. The van der Waals surface area contributed by atoms with E-state index in [4.69, 9.17) is 0 Å². The van der Waals surface area contributed by atoms with Crippen LogP contribution >= 0.6 is 24.2 Å². The number of halogens is 1. The van der Waals surface area contributed by atoms with E-state index in [-0.39, 0.29) is 30.4 Å². The number of fused-ring (bicyclic) bond motifs is 1. The van der Waals surface area contributed by atoms with Crippen LogP contribution in [-0.4, -0.2) is 24.2 Å². The van der Waals surface area contributed by atoms with Crippen LogP contribution in [0.4, 0.5) is 0 Å². The molecule has 0 saturated carbocycles. The van der Waals surface area contributed by atoms with Gasteiger partial charge in [0.2, 0.25) is 5.91 Å². The van der Waals surface area contributed by atoms with E-state index in [1.54, 1.807) is 0 Å². The maximum absolute atomic E-state index is 12.3. The van der Waals surface area contributed by atoms with Crippen LogP contribution < -0.4 is 10.6 Å². The smallest absolute Gasteiger partial charge is 0.237 e. The summed E-state index contributed by atoms with van der Waals surface area (Å²) in [7, 11) is 0. The van der Waals surface area contributed by atoms with Crippen LogP contribution in [0.25, 0.3) is 0 Å². The average molecular weight is 313 g/mol. The molecule has 2 N–H and O–H groups in total. The lowest BCUT2D eigenvalue weighted by atomic mass is 10.0. The zero-order chi connectivity index (χ0) is 13.1. The monoisotopic (exact) mass is 312 g/mol. The van der Waals surface area contributed by atoms with Crippen LogP contribution in [0.5, 0.6) is 0 Å². The number of nitrogens with one attached hydrogen (secondary N) is 2. The van der Waals surface area contributed by atoms with Crippen LogP contribution in [-0.2, 0) is 4.79 Å². The molecule has 110 valence electrons. The zero-order valence-corrected chi connectivity index (χ0v) is 13.1. The van der Waals surface area contributed by atoms with Gasteiger partial charge in [0.15, 0.2) is 0 Å². The van der Waals surface area contributed by atoms with Crippen LogP contribution in [0.3, 0.4) is 0 Å². The number of carbonyl (C=O) groups is 1. The molecule has 0 aromatic heterocycles. The number of hydrogen-bond acceptors (Lipinski definition) is 3. The predicted octanol–water partition coefficient (Wildman–Crippen LogP) is 2.90. The molecule has 3 rings (SSSR count). The van der Waals surface area contributed by atoms with Crippen molar-refractivity contribution in [3.05, 3.63) is 29.8 Å². The van der Waals surface area contributed by atoms with Gasteiger partial charge in [-0.3, -0.25) is 4.79 Å². The van der Waals surface area contributed by atoms with E-state index in [2.05, 4.69) is 34.9 Å². The summed E-state index contributed by atoms with van der Waals surface area (Å²) in [6.07, 6.45) is 4.34. The summed E-state index contributed by atoms with van der Waals surface area (Å²) < 4.78 is 0. The minimum atomic E-state index is 0. The summed E-state index contributed by atoms with van der Waals surface area (Å²) in [6, 6.07) is 8.61. The number of hydrogen-bond donors (Lipinski definition) is 2. The summed E-state index contributed by atoms with van der Waals surface area (Å²) in [5, 5.41) is 6.55. The van der Waals surface area contributed by atoms with E-state index >= 15 is 0 Å². The van der Waals surface area contributed by atoms with Gasteiger partial charge in [0.1, 0.15) is 0 Å². The van der Waals surface area contributed by atoms with Gasteiger partial charge >= 0.3 is 0 Å². The van der Waals surface area contributed by atoms with E-state index < -0.39 is 0 Å². The highest BCUT2D eigenvalue weighted by atomic mass is 35.5. The lowest BCUT2D eigenvalue weighted by Gasteiger charge is -2.29. The van der Waals surface area contributed by atoms with Gasteiger partial charge in [0.05, 0.1) is 12.1 Å². The largest absolute Gasteiger partial charge is 0.348 e. The van der Waals surface area contributed by atoms with Gasteiger partial charge in [-0.05, 0) is 37.4 Å². The van der Waals surface area contributed by atoms with Gasteiger partial charge in [-0.25, -0.2) is 0 Å². The van der Waals surface area contributed by atoms with E-state index in [0.29, 0.717) is 0 Å². The second-order valence-corrected chi connectivity index (χ2v) is 6.38. The van der Waals surface area contributed by atoms with Gasteiger partial charge in [0.25, 0.3) is 0 Å². The molecule has 2 atom stereocenters. The fraction of sp³-hybridized carbons (Fsp3) is 0.533. The third kappa shape index (κ3) is 3.48. The predicted molar refractivity (Wildman–Crippen MR) is 85.6 cm³/mol. The lowest BCUT2D eigenvalue weighted by molar-refractivity contribution is -0.124. The second-order valence-electron chi connectivity index (χ2n) is 5.24. The first-order chi connectivity index (χ1) is 9.34. The number of benzene rings is 1. The molecule has 3 nitrogen and oxygen atoms in total. The number of thioether (sulfide) groups is 1. The molecular weight excluding hydrogens is 292 g/mol. The molecule has 1 amide bonds. The highest BCUT2D eigenvalue weighted by Crippen LogP contribution is 2.35. The van der Waals surface area contributed by atoms with Crippen molar-refractivity contribution in [1.29, 1.82) is 0 Å². The molecule has 1 saturated heterocycles. The fourth-order valence-electron chi connectivity index (χ4n) is 2.84. The topological polar surface area (TPSA) is 41.1 Å². The number of piperidine rings is 1. The summed E-state index contributed by atoms with van der Waals surface area (Å²) in [5.41, 5.74) is 1.28. The first kappa shape index (κ1) is 15.7. The Labute approximate surface area is 130 Å². The number of carbonyl (C=O) groups excluding carboxylic acids is 1. The van der Waals surface area contributed by atoms with Crippen molar-refractivity contribution in [3.8, 4) is 0 Å². The molecule has 2 aliphatic rings. The maximum atomic E-state index is 12.3. The highest BCUT2D eigenvalue weighted by molar-refractivity contribution is 7.99. The van der Waals surface area contributed by atoms with Gasteiger partial charge in [0, 0.05) is 10.6 Å². The number of rotatable bonds is 2. The van der Waals surface area contributed by atoms with Crippen LogP contribution in [0.2, 0.25) is 0 Å². The molecule has 5 heteroatoms. The Morgan fingerprint density at radius 1 is 1.25 bits per heavy atom. The molecule has 1 fully saturated rings. The Kier molecular flexibility index (Phi) is 5.75. The first-order valence-electron chi connectivity index (χ1n) is 7.10. The van der Waals surface area contributed by atoms with Crippen LogP contribution in [0, 0.1) is 0 Å². The lowest BCUT2D eigenvalue weighted by Crippen LogP contribution is -2.47. The van der Waals surface area contributed by atoms with Crippen LogP contribution in [0.1, 0.15) is 37.3 Å². The molecule has 0 radical (unpaired) electrons. The van der Waals surface area contributed by atoms with Crippen molar-refractivity contribution in [1.82, 2.24) is 10.6 Å². The molecule has 20 heavy (non-hydrogen) atoms. The maximum Gasteiger partial charge on any atom is 0.237 e. The van der Waals surface area contributed by atoms with Crippen molar-refractivity contribution in [3.63, 3.8) is 0 Å². The van der Waals surface area contributed by atoms with Gasteiger partial charge in [-0.1, -0.05) is 24.6 Å². The van der Waals surface area contributed by atoms with Crippen molar-refractivity contribution in [2.24, 2.45) is 0 Å².